The largest absolute Gasteiger partial charge is 0.497 e. The van der Waals surface area contributed by atoms with Crippen LogP contribution in [0, 0.1) is 5.92 Å². The molecule has 268 valence electrons. The average molecular weight is 717 g/mol. The van der Waals surface area contributed by atoms with Gasteiger partial charge in [0.1, 0.15) is 5.75 Å². The van der Waals surface area contributed by atoms with Crippen molar-refractivity contribution < 1.29 is 24.2 Å². The molecule has 10 nitrogen and oxygen atoms in total. The van der Waals surface area contributed by atoms with E-state index in [-0.39, 0.29) is 47.9 Å². The van der Waals surface area contributed by atoms with E-state index in [1.807, 2.05) is 78.9 Å². The number of H-pyrrole nitrogens is 1. The Bertz CT molecular complexity index is 2220. The maximum Gasteiger partial charge on any atom is 0.279 e. The second-order valence-electron chi connectivity index (χ2n) is 14.9. The molecule has 52 heavy (non-hydrogen) atoms. The van der Waals surface area contributed by atoms with Crippen molar-refractivity contribution in [2.45, 2.75) is 62.6 Å². The van der Waals surface area contributed by atoms with Crippen LogP contribution in [0.25, 0.3) is 16.6 Å². The number of ether oxygens (including phenoxy) is 2. The Labute approximate surface area is 303 Å². The normalized spacial score (nSPS) is 24.3. The monoisotopic (exact) mass is 716 g/mol. The van der Waals surface area contributed by atoms with E-state index in [9.17, 15) is 14.7 Å². The number of carbonyl (C=O) groups is 2. The van der Waals surface area contributed by atoms with Crippen molar-refractivity contribution in [1.82, 2.24) is 14.7 Å². The first-order valence-electron chi connectivity index (χ1n) is 18.1. The Kier molecular flexibility index (Phi) is 8.47. The molecule has 0 bridgehead atoms. The quantitative estimate of drug-likeness (QED) is 0.202. The molecule has 3 aliphatic rings. The van der Waals surface area contributed by atoms with Crippen molar-refractivity contribution in [1.29, 1.82) is 0 Å². The Morgan fingerprint density at radius 2 is 1.71 bits per heavy atom. The number of hydrogen-bond acceptors (Lipinski definition) is 6. The number of para-hydroxylation sites is 2. The number of methoxy groups -OCH3 is 1. The van der Waals surface area contributed by atoms with Crippen molar-refractivity contribution >= 4 is 47.4 Å². The first-order valence-corrected chi connectivity index (χ1v) is 21.1. The number of fused-ring (bicyclic) bond motifs is 3. The lowest BCUT2D eigenvalue weighted by Gasteiger charge is -2.37. The molecule has 11 heteroatoms. The van der Waals surface area contributed by atoms with Crippen molar-refractivity contribution in [2.24, 2.45) is 5.92 Å². The van der Waals surface area contributed by atoms with Gasteiger partial charge in [0.05, 0.1) is 62.6 Å². The van der Waals surface area contributed by atoms with E-state index < -0.39 is 19.8 Å². The molecule has 2 fully saturated rings. The van der Waals surface area contributed by atoms with Crippen LogP contribution in [0.2, 0.25) is 18.6 Å². The number of hydrogen-bond donors (Lipinski definition) is 2. The number of anilines is 2. The summed E-state index contributed by atoms with van der Waals surface area (Å²) in [6, 6.07) is 30.5. The van der Waals surface area contributed by atoms with Crippen LogP contribution in [0.4, 0.5) is 11.4 Å². The number of likely N-dealkylation sites (tertiary alicyclic amines) is 1. The summed E-state index contributed by atoms with van der Waals surface area (Å²) in [7, 11) is -0.881. The van der Waals surface area contributed by atoms with Crippen LogP contribution in [-0.4, -0.2) is 72.1 Å². The van der Waals surface area contributed by atoms with Crippen molar-refractivity contribution in [3.05, 3.63) is 113 Å². The molecule has 5 aromatic rings. The third-order valence-electron chi connectivity index (χ3n) is 11.9. The van der Waals surface area contributed by atoms with Crippen LogP contribution in [-0.2, 0) is 19.9 Å². The first kappa shape index (κ1) is 34.1. The SMILES string of the molecule is COc1ccc([Si](C)(C)[C@@H]2[C@@H](CC(=O)N3CCC[C@H]3CO)O[C@]3(C(=O)N(c4ccccc4)c4ccc(-n5[nH]c6ccccc6c5=O)cc43)[C@H]2C)cc1. The lowest BCUT2D eigenvalue weighted by molar-refractivity contribution is -0.149. The molecule has 4 heterocycles. The van der Waals surface area contributed by atoms with Gasteiger partial charge in [0, 0.05) is 23.7 Å². The van der Waals surface area contributed by atoms with Gasteiger partial charge in [0.15, 0.2) is 5.60 Å². The maximum atomic E-state index is 15.3. The Balaban J connectivity index is 1.30. The fraction of sp³-hybridized carbons (Fsp3) is 0.341. The zero-order valence-corrected chi connectivity index (χ0v) is 30.9. The summed E-state index contributed by atoms with van der Waals surface area (Å²) >= 11 is 0. The van der Waals surface area contributed by atoms with E-state index in [0.29, 0.717) is 40.1 Å². The number of carbonyl (C=O) groups excluding carboxylic acids is 2. The van der Waals surface area contributed by atoms with Gasteiger partial charge in [0.25, 0.3) is 11.5 Å². The summed E-state index contributed by atoms with van der Waals surface area (Å²) in [5.74, 6) is 0.126. The summed E-state index contributed by atoms with van der Waals surface area (Å²) < 4.78 is 14.3. The highest BCUT2D eigenvalue weighted by atomic mass is 28.3. The van der Waals surface area contributed by atoms with Gasteiger partial charge in [-0.15, -0.1) is 0 Å². The predicted octanol–water partition coefficient (Wildman–Crippen LogP) is 5.60. The number of benzene rings is 4. The van der Waals surface area contributed by atoms with E-state index >= 15 is 4.79 Å². The predicted molar refractivity (Wildman–Crippen MR) is 203 cm³/mol. The summed E-state index contributed by atoms with van der Waals surface area (Å²) in [4.78, 5) is 46.6. The Morgan fingerprint density at radius 1 is 0.981 bits per heavy atom. The number of rotatable bonds is 8. The molecule has 8 rings (SSSR count). The van der Waals surface area contributed by atoms with Gasteiger partial charge in [-0.2, -0.15) is 0 Å². The molecule has 5 atom stereocenters. The molecule has 2 saturated heterocycles. The molecule has 3 aliphatic heterocycles. The van der Waals surface area contributed by atoms with Gasteiger partial charge in [-0.3, -0.25) is 24.4 Å². The number of nitrogens with zero attached hydrogens (tertiary/aromatic N) is 3. The van der Waals surface area contributed by atoms with Crippen molar-refractivity contribution in [3.63, 3.8) is 0 Å². The number of aromatic nitrogens is 2. The fourth-order valence-electron chi connectivity index (χ4n) is 9.28. The van der Waals surface area contributed by atoms with Crippen LogP contribution in [0.15, 0.2) is 102 Å². The third kappa shape index (κ3) is 5.16. The molecular weight excluding hydrogens is 673 g/mol. The lowest BCUT2D eigenvalue weighted by Crippen LogP contribution is -2.52. The van der Waals surface area contributed by atoms with E-state index in [1.165, 1.54) is 9.87 Å². The van der Waals surface area contributed by atoms with Crippen LogP contribution in [0.3, 0.4) is 0 Å². The minimum Gasteiger partial charge on any atom is -0.497 e. The van der Waals surface area contributed by atoms with Crippen LogP contribution in [0.5, 0.6) is 5.75 Å². The molecule has 2 amide bonds. The molecule has 4 aromatic carbocycles. The molecule has 0 aliphatic carbocycles. The summed E-state index contributed by atoms with van der Waals surface area (Å²) in [6.07, 6.45) is 1.11. The molecule has 0 saturated carbocycles. The standard InChI is InChI=1S/C41H44N4O6Si/c1-26-38(52(3,4)31-19-17-30(50-2)18-20-31)36(24-37(47)43-22-10-13-29(43)25-46)51-41(26)33-23-28(45-39(48)32-14-8-9-15-34(32)42-45)16-21-35(33)44(40(41)49)27-11-6-5-7-12-27/h5-9,11-12,14-21,23,26,29,36,38,42,46H,10,13,22,24-25H2,1-4H3/t26-,29-,36+,38-,41+/m0/s1. The zero-order valence-electron chi connectivity index (χ0n) is 29.9. The van der Waals surface area contributed by atoms with Crippen molar-refractivity contribution in [3.8, 4) is 11.4 Å². The molecule has 0 unspecified atom stereocenters. The second-order valence-corrected chi connectivity index (χ2v) is 19.6. The Hall–Kier alpha value is -4.97. The van der Waals surface area contributed by atoms with E-state index in [1.54, 1.807) is 23.0 Å². The number of aromatic amines is 1. The van der Waals surface area contributed by atoms with Gasteiger partial charge in [-0.1, -0.05) is 67.7 Å². The summed E-state index contributed by atoms with van der Waals surface area (Å²) in [6.45, 7) is 7.18. The second kappa shape index (κ2) is 12.9. The highest BCUT2D eigenvalue weighted by Crippen LogP contribution is 2.61. The topological polar surface area (TPSA) is 117 Å². The molecule has 2 N–H and O–H groups in total. The zero-order chi connectivity index (χ0) is 36.4. The van der Waals surface area contributed by atoms with Gasteiger partial charge < -0.3 is 19.5 Å². The van der Waals surface area contributed by atoms with Gasteiger partial charge in [-0.25, -0.2) is 4.68 Å². The summed E-state index contributed by atoms with van der Waals surface area (Å²) in [5.41, 5.74) is 1.58. The smallest absolute Gasteiger partial charge is 0.279 e. The molecule has 1 aromatic heterocycles. The maximum absolute atomic E-state index is 15.3. The minimum absolute atomic E-state index is 0.0701. The molecular formula is C41H44N4O6Si. The van der Waals surface area contributed by atoms with Crippen LogP contribution < -0.4 is 20.4 Å². The van der Waals surface area contributed by atoms with Crippen molar-refractivity contribution in [2.75, 3.05) is 25.2 Å². The minimum atomic E-state index is -2.53. The van der Waals surface area contributed by atoms with Gasteiger partial charge >= 0.3 is 0 Å². The summed E-state index contributed by atoms with van der Waals surface area (Å²) in [5, 5.41) is 15.1. The first-order chi connectivity index (χ1) is 25.1. The number of amides is 2. The fourth-order valence-corrected chi connectivity index (χ4v) is 13.3. The van der Waals surface area contributed by atoms with E-state index in [2.05, 4.69) is 37.2 Å². The molecule has 1 spiro atoms. The average Bonchev–Trinajstić information content (AvgIpc) is 3.91. The van der Waals surface area contributed by atoms with E-state index in [0.717, 1.165) is 18.6 Å². The van der Waals surface area contributed by atoms with Crippen LogP contribution >= 0.6 is 0 Å². The van der Waals surface area contributed by atoms with Gasteiger partial charge in [-0.05, 0) is 73.0 Å². The van der Waals surface area contributed by atoms with Gasteiger partial charge in [0.2, 0.25) is 5.91 Å². The Morgan fingerprint density at radius 3 is 2.42 bits per heavy atom. The number of aliphatic hydroxyl groups is 1. The highest BCUT2D eigenvalue weighted by Gasteiger charge is 2.67. The number of aliphatic hydroxyl groups excluding tert-OH is 1. The van der Waals surface area contributed by atoms with E-state index in [4.69, 9.17) is 9.47 Å². The van der Waals surface area contributed by atoms with Crippen LogP contribution in [0.1, 0.15) is 31.7 Å². The third-order valence-corrected chi connectivity index (χ3v) is 16.2. The highest BCUT2D eigenvalue weighted by molar-refractivity contribution is 6.91. The lowest BCUT2D eigenvalue weighted by atomic mass is 9.82. The number of nitrogens with one attached hydrogen (secondary N) is 1. The molecule has 0 radical (unpaired) electrons.